The molecular formula is C25H26F2N2O3. The molecular weight excluding hydrogens is 414 g/mol. The van der Waals surface area contributed by atoms with Crippen LogP contribution in [0.25, 0.3) is 0 Å². The van der Waals surface area contributed by atoms with Crippen molar-refractivity contribution in [3.63, 3.8) is 0 Å². The number of nitrogens with zero attached hydrogens (tertiary/aromatic N) is 1. The van der Waals surface area contributed by atoms with E-state index >= 15 is 0 Å². The molecule has 7 heteroatoms. The topological polar surface area (TPSA) is 50.8 Å². The van der Waals surface area contributed by atoms with Gasteiger partial charge in [0.05, 0.1) is 7.11 Å². The van der Waals surface area contributed by atoms with Crippen molar-refractivity contribution < 1.29 is 23.0 Å². The summed E-state index contributed by atoms with van der Waals surface area (Å²) in [6.07, 6.45) is 0. The third-order valence-electron chi connectivity index (χ3n) is 5.00. The number of anilines is 1. The van der Waals surface area contributed by atoms with E-state index in [9.17, 15) is 13.6 Å². The number of methoxy groups -OCH3 is 1. The highest BCUT2D eigenvalue weighted by atomic mass is 19.3. The van der Waals surface area contributed by atoms with Gasteiger partial charge in [0.1, 0.15) is 6.04 Å². The van der Waals surface area contributed by atoms with Crippen LogP contribution in [0.15, 0.2) is 72.8 Å². The molecule has 168 valence electrons. The Kier molecular flexibility index (Phi) is 7.78. The van der Waals surface area contributed by atoms with Crippen LogP contribution in [-0.2, 0) is 11.3 Å². The summed E-state index contributed by atoms with van der Waals surface area (Å²) in [6.45, 7) is -0.574. The Morgan fingerprint density at radius 1 is 1.00 bits per heavy atom. The van der Waals surface area contributed by atoms with Crippen LogP contribution in [0, 0.1) is 6.92 Å². The molecule has 1 unspecified atom stereocenters. The molecule has 0 aliphatic rings. The molecule has 32 heavy (non-hydrogen) atoms. The molecule has 0 radical (unpaired) electrons. The number of alkyl halides is 2. The predicted octanol–water partition coefficient (Wildman–Crippen LogP) is 5.42. The molecule has 0 spiro atoms. The third-order valence-corrected chi connectivity index (χ3v) is 5.00. The van der Waals surface area contributed by atoms with Gasteiger partial charge in [-0.2, -0.15) is 8.78 Å². The number of hydrogen-bond acceptors (Lipinski definition) is 4. The highest BCUT2D eigenvalue weighted by Gasteiger charge is 2.26. The van der Waals surface area contributed by atoms with Crippen molar-refractivity contribution >= 4 is 11.6 Å². The van der Waals surface area contributed by atoms with Crippen LogP contribution in [0.2, 0.25) is 0 Å². The molecule has 5 nitrogen and oxygen atoms in total. The van der Waals surface area contributed by atoms with E-state index in [1.807, 2.05) is 73.5 Å². The maximum atomic E-state index is 13.2. The minimum absolute atomic E-state index is 0.0365. The van der Waals surface area contributed by atoms with Crippen molar-refractivity contribution in [2.45, 2.75) is 26.1 Å². The smallest absolute Gasteiger partial charge is 0.387 e. The normalized spacial score (nSPS) is 12.0. The summed E-state index contributed by atoms with van der Waals surface area (Å²) in [4.78, 5) is 15.1. The number of benzene rings is 3. The number of rotatable bonds is 9. The maximum Gasteiger partial charge on any atom is 0.387 e. The molecule has 3 aromatic carbocycles. The van der Waals surface area contributed by atoms with E-state index in [-0.39, 0.29) is 17.4 Å². The molecule has 0 heterocycles. The van der Waals surface area contributed by atoms with Crippen LogP contribution in [0.1, 0.15) is 22.7 Å². The molecule has 0 aromatic heterocycles. The number of hydrogen-bond donors (Lipinski definition) is 1. The van der Waals surface area contributed by atoms with Gasteiger partial charge < -0.3 is 14.8 Å². The van der Waals surface area contributed by atoms with E-state index < -0.39 is 12.7 Å². The Hall–Kier alpha value is -3.45. The van der Waals surface area contributed by atoms with Crippen molar-refractivity contribution in [2.24, 2.45) is 0 Å². The van der Waals surface area contributed by atoms with Gasteiger partial charge in [0, 0.05) is 12.2 Å². The van der Waals surface area contributed by atoms with Crippen molar-refractivity contribution in [2.75, 3.05) is 19.5 Å². The van der Waals surface area contributed by atoms with E-state index in [0.717, 1.165) is 16.7 Å². The molecule has 1 amide bonds. The summed E-state index contributed by atoms with van der Waals surface area (Å²) in [5.41, 5.74) is 3.44. The zero-order chi connectivity index (χ0) is 23.1. The number of carbonyl (C=O) groups excluding carboxylic acids is 1. The van der Waals surface area contributed by atoms with Crippen LogP contribution < -0.4 is 14.8 Å². The number of likely N-dealkylation sites (N-methyl/N-ethyl adjacent to an activating group) is 1. The lowest BCUT2D eigenvalue weighted by atomic mass is 10.0. The zero-order valence-corrected chi connectivity index (χ0v) is 18.2. The Morgan fingerprint density at radius 3 is 2.31 bits per heavy atom. The molecule has 0 saturated carbocycles. The van der Waals surface area contributed by atoms with Crippen molar-refractivity contribution in [3.8, 4) is 11.5 Å². The molecule has 0 aliphatic heterocycles. The SMILES string of the molecule is COc1cc(CN(C)C(C(=O)Nc2ccc(C)cc2)c2ccccc2)ccc1OC(F)F. The summed E-state index contributed by atoms with van der Waals surface area (Å²) < 4.78 is 34.9. The van der Waals surface area contributed by atoms with Crippen LogP contribution in [0.4, 0.5) is 14.5 Å². The first-order valence-corrected chi connectivity index (χ1v) is 10.1. The van der Waals surface area contributed by atoms with Crippen LogP contribution in [0.3, 0.4) is 0 Å². The highest BCUT2D eigenvalue weighted by Crippen LogP contribution is 2.31. The Morgan fingerprint density at radius 2 is 1.69 bits per heavy atom. The lowest BCUT2D eigenvalue weighted by Crippen LogP contribution is -2.34. The van der Waals surface area contributed by atoms with Gasteiger partial charge >= 0.3 is 6.61 Å². The summed E-state index contributed by atoms with van der Waals surface area (Å²) in [6, 6.07) is 21.2. The van der Waals surface area contributed by atoms with Gasteiger partial charge in [0.2, 0.25) is 5.91 Å². The van der Waals surface area contributed by atoms with Crippen molar-refractivity contribution in [1.82, 2.24) is 4.90 Å². The highest BCUT2D eigenvalue weighted by molar-refractivity contribution is 5.95. The number of aryl methyl sites for hydroxylation is 1. The second kappa shape index (κ2) is 10.7. The Bertz CT molecular complexity index is 1030. The minimum atomic E-state index is -2.94. The fourth-order valence-corrected chi connectivity index (χ4v) is 3.47. The largest absolute Gasteiger partial charge is 0.493 e. The molecule has 1 N–H and O–H groups in total. The quantitative estimate of drug-likeness (QED) is 0.483. The zero-order valence-electron chi connectivity index (χ0n) is 18.2. The lowest BCUT2D eigenvalue weighted by Gasteiger charge is -2.28. The van der Waals surface area contributed by atoms with E-state index in [4.69, 9.17) is 4.74 Å². The summed E-state index contributed by atoms with van der Waals surface area (Å²) in [5.74, 6) is -0.00522. The van der Waals surface area contributed by atoms with Crippen molar-refractivity contribution in [3.05, 3.63) is 89.5 Å². The third kappa shape index (κ3) is 6.04. The fourth-order valence-electron chi connectivity index (χ4n) is 3.47. The number of nitrogens with one attached hydrogen (secondary N) is 1. The van der Waals surface area contributed by atoms with E-state index in [1.54, 1.807) is 12.1 Å². The molecule has 0 saturated heterocycles. The van der Waals surface area contributed by atoms with E-state index in [1.165, 1.54) is 13.2 Å². The fraction of sp³-hybridized carbons (Fsp3) is 0.240. The summed E-state index contributed by atoms with van der Waals surface area (Å²) in [5, 5.41) is 2.98. The Labute approximate surface area is 186 Å². The average Bonchev–Trinajstić information content (AvgIpc) is 2.77. The van der Waals surface area contributed by atoms with E-state index in [0.29, 0.717) is 12.2 Å². The van der Waals surface area contributed by atoms with Gasteiger partial charge in [-0.1, -0.05) is 54.1 Å². The van der Waals surface area contributed by atoms with Crippen LogP contribution >= 0.6 is 0 Å². The number of ether oxygens (including phenoxy) is 2. The molecule has 3 aromatic rings. The lowest BCUT2D eigenvalue weighted by molar-refractivity contribution is -0.121. The second-order valence-electron chi connectivity index (χ2n) is 7.45. The first kappa shape index (κ1) is 23.2. The predicted molar refractivity (Wildman–Crippen MR) is 120 cm³/mol. The van der Waals surface area contributed by atoms with Gasteiger partial charge in [0.25, 0.3) is 0 Å². The van der Waals surface area contributed by atoms with Gasteiger partial charge in [-0.25, -0.2) is 0 Å². The van der Waals surface area contributed by atoms with Crippen LogP contribution in [-0.4, -0.2) is 31.6 Å². The number of carbonyl (C=O) groups is 1. The Balaban J connectivity index is 1.83. The van der Waals surface area contributed by atoms with E-state index in [2.05, 4.69) is 10.1 Å². The van der Waals surface area contributed by atoms with Gasteiger partial charge in [-0.05, 0) is 49.4 Å². The second-order valence-corrected chi connectivity index (χ2v) is 7.45. The number of halogens is 2. The average molecular weight is 440 g/mol. The first-order valence-electron chi connectivity index (χ1n) is 10.1. The standard InChI is InChI=1S/C25H26F2N2O3/c1-17-9-12-20(13-10-17)28-24(30)23(19-7-5-4-6-8-19)29(2)16-18-11-14-21(32-25(26)27)22(15-18)31-3/h4-15,23,25H,16H2,1-3H3,(H,28,30). The molecule has 0 bridgehead atoms. The number of amides is 1. The van der Waals surface area contributed by atoms with Gasteiger partial charge in [-0.15, -0.1) is 0 Å². The monoisotopic (exact) mass is 440 g/mol. The van der Waals surface area contributed by atoms with Gasteiger partial charge in [-0.3, -0.25) is 9.69 Å². The summed E-state index contributed by atoms with van der Waals surface area (Å²) in [7, 11) is 3.23. The molecule has 0 aliphatic carbocycles. The van der Waals surface area contributed by atoms with Crippen molar-refractivity contribution in [1.29, 1.82) is 0 Å². The molecule has 0 fully saturated rings. The van der Waals surface area contributed by atoms with Crippen LogP contribution in [0.5, 0.6) is 11.5 Å². The minimum Gasteiger partial charge on any atom is -0.493 e. The molecule has 3 rings (SSSR count). The molecule has 1 atom stereocenters. The summed E-state index contributed by atoms with van der Waals surface area (Å²) >= 11 is 0. The maximum absolute atomic E-state index is 13.2. The van der Waals surface area contributed by atoms with Gasteiger partial charge in [0.15, 0.2) is 11.5 Å². The first-order chi connectivity index (χ1) is 15.4.